The first kappa shape index (κ1) is 5.18. The highest BCUT2D eigenvalue weighted by Gasteiger charge is 1.78. The van der Waals surface area contributed by atoms with Crippen molar-refractivity contribution in [3.8, 4) is 0 Å². The zero-order chi connectivity index (χ0) is 4.28. The fourth-order valence-corrected chi connectivity index (χ4v) is 0. The molecule has 0 aromatic rings. The molecule has 0 N–H and O–H groups in total. The van der Waals surface area contributed by atoms with Gasteiger partial charge in [-0.3, -0.25) is 0 Å². The minimum absolute atomic E-state index is 0.397. The van der Waals surface area contributed by atoms with E-state index in [1.807, 2.05) is 13.8 Å². The summed E-state index contributed by atoms with van der Waals surface area (Å²) < 4.78 is 4.78. The summed E-state index contributed by atoms with van der Waals surface area (Å²) in [5.41, 5.74) is 0. The molecule has 0 saturated carbocycles. The Kier molecular flexibility index (Phi) is 2.50. The van der Waals surface area contributed by atoms with E-state index in [-0.39, 0.29) is 0 Å². The molecular weight excluding hydrogens is 80.1 g/mol. The normalized spacial score (nSPS) is 9.60. The molecule has 31 valence electrons. The van der Waals surface area contributed by atoms with Gasteiger partial charge in [-0.2, -0.15) is 0 Å². The van der Waals surface area contributed by atoms with Crippen molar-refractivity contribution in [2.45, 2.75) is 20.0 Å². The number of hydrogen-bond acceptors (Lipinski definition) is 1. The molecule has 2 heteroatoms. The number of hydrogen-bond donors (Lipinski definition) is 0. The van der Waals surface area contributed by atoms with Crippen molar-refractivity contribution in [3.05, 3.63) is 0 Å². The average Bonchev–Trinajstić information content (AvgIpc) is 1.38. The molecule has 0 aliphatic heterocycles. The van der Waals surface area contributed by atoms with Crippen molar-refractivity contribution in [2.24, 2.45) is 0 Å². The van der Waals surface area contributed by atoms with Crippen LogP contribution < -0.4 is 0 Å². The maximum Gasteiger partial charge on any atom is 0.175 e. The second-order valence-electron chi connectivity index (χ2n) is 1.22. The first-order chi connectivity index (χ1) is 2.27. The van der Waals surface area contributed by atoms with Gasteiger partial charge in [0.25, 0.3) is 0 Å². The number of rotatable bonds is 1. The largest absolute Gasteiger partial charge is 0.423 e. The van der Waals surface area contributed by atoms with Crippen LogP contribution in [0.1, 0.15) is 13.8 Å². The molecule has 0 aromatic carbocycles. The molecule has 5 heavy (non-hydrogen) atoms. The third-order valence-corrected chi connectivity index (χ3v) is 1.00. The molecule has 0 unspecified atom stereocenters. The lowest BCUT2D eigenvalue weighted by molar-refractivity contribution is 0.267. The van der Waals surface area contributed by atoms with Gasteiger partial charge in [-0.05, 0) is 13.8 Å². The summed E-state index contributed by atoms with van der Waals surface area (Å²) in [6, 6.07) is 0. The summed E-state index contributed by atoms with van der Waals surface area (Å²) >= 11 is 0. The Morgan fingerprint density at radius 2 is 1.80 bits per heavy atom. The van der Waals surface area contributed by atoms with E-state index in [4.69, 9.17) is 4.43 Å². The van der Waals surface area contributed by atoms with Crippen molar-refractivity contribution >= 4 is 10.5 Å². The average molecular weight is 89.2 g/mol. The van der Waals surface area contributed by atoms with Crippen molar-refractivity contribution in [2.75, 3.05) is 0 Å². The highest BCUT2D eigenvalue weighted by atomic mass is 28.2. The highest BCUT2D eigenvalue weighted by molar-refractivity contribution is 5.98. The molecule has 0 fully saturated rings. The van der Waals surface area contributed by atoms with Crippen molar-refractivity contribution in [3.63, 3.8) is 0 Å². The van der Waals surface area contributed by atoms with Crippen LogP contribution in [0.2, 0.25) is 0 Å². The van der Waals surface area contributed by atoms with Crippen LogP contribution in [0.15, 0.2) is 0 Å². The Bertz CT molecular complexity index is 20.9. The highest BCUT2D eigenvalue weighted by Crippen LogP contribution is 1.76. The predicted molar refractivity (Wildman–Crippen MR) is 24.8 cm³/mol. The van der Waals surface area contributed by atoms with Gasteiger partial charge in [-0.25, -0.2) is 0 Å². The Balaban J connectivity index is 2.54. The summed E-state index contributed by atoms with van der Waals surface area (Å²) in [6.45, 7) is 4.01. The van der Waals surface area contributed by atoms with Gasteiger partial charge in [0.05, 0.1) is 0 Å². The summed E-state index contributed by atoms with van der Waals surface area (Å²) in [5.74, 6) is 0. The van der Waals surface area contributed by atoms with Crippen LogP contribution in [0, 0.1) is 0 Å². The van der Waals surface area contributed by atoms with E-state index < -0.39 is 0 Å². The van der Waals surface area contributed by atoms with E-state index >= 15 is 0 Å². The summed E-state index contributed by atoms with van der Waals surface area (Å²) in [7, 11) is 1.53. The lowest BCUT2D eigenvalue weighted by atomic mass is 10.5. The van der Waals surface area contributed by atoms with Crippen LogP contribution in [0.25, 0.3) is 0 Å². The van der Waals surface area contributed by atoms with Gasteiger partial charge in [-0.1, -0.05) is 0 Å². The molecule has 0 aliphatic carbocycles. The first-order valence-electron chi connectivity index (χ1n) is 1.68. The molecule has 0 bridgehead atoms. The minimum Gasteiger partial charge on any atom is -0.423 e. The Hall–Kier alpha value is 0.177. The van der Waals surface area contributed by atoms with Gasteiger partial charge in [0.1, 0.15) is 0 Å². The van der Waals surface area contributed by atoms with Crippen LogP contribution in [-0.2, 0) is 4.43 Å². The van der Waals surface area contributed by atoms with Gasteiger partial charge in [-0.15, -0.1) is 0 Å². The molecule has 0 aromatic heterocycles. The van der Waals surface area contributed by atoms with Gasteiger partial charge in [0.15, 0.2) is 10.5 Å². The lowest BCUT2D eigenvalue weighted by Gasteiger charge is -1.95. The van der Waals surface area contributed by atoms with Crippen molar-refractivity contribution < 1.29 is 4.43 Å². The van der Waals surface area contributed by atoms with Gasteiger partial charge >= 0.3 is 0 Å². The molecule has 0 aliphatic rings. The zero-order valence-electron chi connectivity index (χ0n) is 3.69. The Morgan fingerprint density at radius 3 is 1.80 bits per heavy atom. The van der Waals surface area contributed by atoms with Gasteiger partial charge < -0.3 is 4.43 Å². The maximum absolute atomic E-state index is 4.78. The fraction of sp³-hybridized carbons (Fsp3) is 1.00. The molecule has 0 atom stereocenters. The summed E-state index contributed by atoms with van der Waals surface area (Å²) in [5, 5.41) is 0. The van der Waals surface area contributed by atoms with E-state index in [0.717, 1.165) is 0 Å². The van der Waals surface area contributed by atoms with E-state index in [0.29, 0.717) is 6.10 Å². The molecule has 1 nitrogen and oxygen atoms in total. The second kappa shape index (κ2) is 2.42. The van der Waals surface area contributed by atoms with Crippen LogP contribution in [0.4, 0.5) is 0 Å². The molecule has 0 amide bonds. The maximum atomic E-state index is 4.78. The van der Waals surface area contributed by atoms with Crippen LogP contribution in [0.5, 0.6) is 0 Å². The quantitative estimate of drug-likeness (QED) is 0.410. The predicted octanol–water partition coefficient (Wildman–Crippen LogP) is -0.0405. The van der Waals surface area contributed by atoms with E-state index in [2.05, 4.69) is 0 Å². The molecular formula is C3H9OSi. The first-order valence-corrected chi connectivity index (χ1v) is 2.26. The summed E-state index contributed by atoms with van der Waals surface area (Å²) in [6.07, 6.45) is 0.397. The van der Waals surface area contributed by atoms with E-state index in [1.54, 1.807) is 0 Å². The van der Waals surface area contributed by atoms with Crippen LogP contribution >= 0.6 is 0 Å². The van der Waals surface area contributed by atoms with Crippen molar-refractivity contribution in [1.82, 2.24) is 0 Å². The van der Waals surface area contributed by atoms with Crippen LogP contribution in [-0.4, -0.2) is 16.6 Å². The molecule has 0 saturated heterocycles. The topological polar surface area (TPSA) is 9.23 Å². The second-order valence-corrected chi connectivity index (χ2v) is 1.55. The third-order valence-electron chi connectivity index (χ3n) is 0.333. The third kappa shape index (κ3) is 4.18. The van der Waals surface area contributed by atoms with E-state index in [9.17, 15) is 0 Å². The van der Waals surface area contributed by atoms with Crippen molar-refractivity contribution in [1.29, 1.82) is 0 Å². The van der Waals surface area contributed by atoms with E-state index in [1.165, 1.54) is 10.5 Å². The minimum atomic E-state index is 0.397. The van der Waals surface area contributed by atoms with Crippen LogP contribution in [0.3, 0.4) is 0 Å². The fourth-order valence-electron chi connectivity index (χ4n) is 0. The summed E-state index contributed by atoms with van der Waals surface area (Å²) in [4.78, 5) is 0. The van der Waals surface area contributed by atoms with Gasteiger partial charge in [0.2, 0.25) is 0 Å². The smallest absolute Gasteiger partial charge is 0.175 e. The standard InChI is InChI=1S/C3H9OSi/c1-3(2)4-5/h3H,5H2,1-2H3. The zero-order valence-corrected chi connectivity index (χ0v) is 5.11. The SMILES string of the molecule is CC(C)O[SiH2]. The Morgan fingerprint density at radius 1 is 1.60 bits per heavy atom. The molecule has 0 spiro atoms. The van der Waals surface area contributed by atoms with Gasteiger partial charge in [0, 0.05) is 6.10 Å². The molecule has 0 heterocycles. The molecule has 0 rings (SSSR count). The lowest BCUT2D eigenvalue weighted by Crippen LogP contribution is -1.95. The molecule has 1 radical (unpaired) electrons. The Labute approximate surface area is 35.9 Å². The monoisotopic (exact) mass is 89.0 g/mol.